The van der Waals surface area contributed by atoms with Crippen LogP contribution in [0.5, 0.6) is 0 Å². The van der Waals surface area contributed by atoms with E-state index in [2.05, 4.69) is 5.32 Å². The van der Waals surface area contributed by atoms with Gasteiger partial charge in [-0.3, -0.25) is 4.79 Å². The van der Waals surface area contributed by atoms with Gasteiger partial charge < -0.3 is 20.9 Å². The molecule has 4 N–H and O–H groups in total. The van der Waals surface area contributed by atoms with Gasteiger partial charge >= 0.3 is 6.09 Å². The van der Waals surface area contributed by atoms with Crippen LogP contribution in [0.4, 0.5) is 4.79 Å². The van der Waals surface area contributed by atoms with E-state index in [0.717, 1.165) is 5.56 Å². The number of alkyl carbamates (subject to hydrolysis) is 1. The summed E-state index contributed by atoms with van der Waals surface area (Å²) in [5, 5.41) is 11.0. The molecule has 1 rings (SSSR count). The molecule has 0 aliphatic rings. The monoisotopic (exact) mass is 252 g/mol. The van der Waals surface area contributed by atoms with E-state index in [1.54, 1.807) is 0 Å². The number of benzene rings is 1. The fraction of sp³-hybridized carbons (Fsp3) is 0.333. The van der Waals surface area contributed by atoms with Gasteiger partial charge in [0.2, 0.25) is 5.91 Å². The first-order valence-electron chi connectivity index (χ1n) is 5.51. The molecular formula is C12H16N2O4. The smallest absolute Gasteiger partial charge is 0.408 e. The van der Waals surface area contributed by atoms with Crippen molar-refractivity contribution in [3.8, 4) is 0 Å². The highest BCUT2D eigenvalue weighted by Crippen LogP contribution is 2.01. The zero-order chi connectivity index (χ0) is 13.4. The van der Waals surface area contributed by atoms with Crippen molar-refractivity contribution in [2.24, 2.45) is 5.73 Å². The summed E-state index contributed by atoms with van der Waals surface area (Å²) in [5.74, 6) is -0.708. The first-order valence-corrected chi connectivity index (χ1v) is 5.51. The number of rotatable bonds is 6. The van der Waals surface area contributed by atoms with Crippen molar-refractivity contribution in [1.29, 1.82) is 0 Å². The molecule has 1 atom stereocenters. The lowest BCUT2D eigenvalue weighted by Crippen LogP contribution is -2.45. The number of ether oxygens (including phenoxy) is 1. The van der Waals surface area contributed by atoms with Crippen molar-refractivity contribution in [3.63, 3.8) is 0 Å². The highest BCUT2D eigenvalue weighted by Gasteiger charge is 2.17. The Kier molecular flexibility index (Phi) is 5.66. The number of amides is 2. The predicted molar refractivity (Wildman–Crippen MR) is 64.4 cm³/mol. The summed E-state index contributed by atoms with van der Waals surface area (Å²) < 4.78 is 4.92. The summed E-state index contributed by atoms with van der Waals surface area (Å²) in [4.78, 5) is 22.3. The third kappa shape index (κ3) is 4.84. The van der Waals surface area contributed by atoms with Crippen LogP contribution in [-0.2, 0) is 16.1 Å². The largest absolute Gasteiger partial charge is 0.445 e. The average Bonchev–Trinajstić information content (AvgIpc) is 2.37. The third-order valence-corrected chi connectivity index (χ3v) is 2.27. The molecule has 0 aromatic heterocycles. The molecule has 0 fully saturated rings. The molecule has 98 valence electrons. The Labute approximate surface area is 105 Å². The zero-order valence-electron chi connectivity index (χ0n) is 9.83. The van der Waals surface area contributed by atoms with Crippen molar-refractivity contribution in [2.45, 2.75) is 19.1 Å². The average molecular weight is 252 g/mol. The van der Waals surface area contributed by atoms with E-state index in [4.69, 9.17) is 15.6 Å². The minimum absolute atomic E-state index is 0.0652. The molecule has 0 bridgehead atoms. The molecule has 1 aromatic carbocycles. The molecule has 1 aromatic rings. The molecule has 2 amide bonds. The van der Waals surface area contributed by atoms with Crippen molar-refractivity contribution in [3.05, 3.63) is 35.9 Å². The molecule has 0 aliphatic carbocycles. The number of nitrogens with one attached hydrogen (secondary N) is 1. The van der Waals surface area contributed by atoms with Crippen LogP contribution in [-0.4, -0.2) is 29.8 Å². The lowest BCUT2D eigenvalue weighted by atomic mass is 10.2. The van der Waals surface area contributed by atoms with Gasteiger partial charge in [0.05, 0.1) is 0 Å². The molecule has 0 radical (unpaired) electrons. The summed E-state index contributed by atoms with van der Waals surface area (Å²) >= 11 is 0. The van der Waals surface area contributed by atoms with E-state index in [9.17, 15) is 9.59 Å². The minimum Gasteiger partial charge on any atom is -0.445 e. The molecule has 18 heavy (non-hydrogen) atoms. The second kappa shape index (κ2) is 7.29. The van der Waals surface area contributed by atoms with E-state index in [1.165, 1.54) is 0 Å². The van der Waals surface area contributed by atoms with Crippen molar-refractivity contribution in [2.75, 3.05) is 6.61 Å². The van der Waals surface area contributed by atoms with Crippen LogP contribution in [0, 0.1) is 0 Å². The molecule has 6 nitrogen and oxygen atoms in total. The number of primary amides is 1. The highest BCUT2D eigenvalue weighted by atomic mass is 16.5. The lowest BCUT2D eigenvalue weighted by molar-refractivity contribution is -0.120. The summed E-state index contributed by atoms with van der Waals surface area (Å²) in [6, 6.07) is 8.22. The standard InChI is InChI=1S/C12H16N2O4/c13-11(16)10(6-7-15)14-12(17)18-8-9-4-2-1-3-5-9/h1-5,10,15H,6-8H2,(H2,13,16)(H,14,17)/t10-/m0/s1. The Hall–Kier alpha value is -2.08. The Morgan fingerprint density at radius 2 is 2.00 bits per heavy atom. The number of aliphatic hydroxyl groups excluding tert-OH is 1. The van der Waals surface area contributed by atoms with Gasteiger partial charge in [-0.05, 0) is 12.0 Å². The summed E-state index contributed by atoms with van der Waals surface area (Å²) in [6.07, 6.45) is -0.674. The van der Waals surface area contributed by atoms with Gasteiger partial charge in [-0.25, -0.2) is 4.79 Å². The van der Waals surface area contributed by atoms with Gasteiger partial charge in [0.15, 0.2) is 0 Å². The SMILES string of the molecule is NC(=O)[C@H](CCO)NC(=O)OCc1ccccc1. The number of aliphatic hydroxyl groups is 1. The first kappa shape index (κ1) is 14.0. The van der Waals surface area contributed by atoms with E-state index < -0.39 is 18.0 Å². The van der Waals surface area contributed by atoms with E-state index in [0.29, 0.717) is 0 Å². The number of hydrogen-bond acceptors (Lipinski definition) is 4. The van der Waals surface area contributed by atoms with Gasteiger partial charge in [0, 0.05) is 6.61 Å². The van der Waals surface area contributed by atoms with Crippen LogP contribution in [0.2, 0.25) is 0 Å². The summed E-state index contributed by atoms with van der Waals surface area (Å²) in [6.45, 7) is -0.135. The van der Waals surface area contributed by atoms with Gasteiger partial charge in [0.25, 0.3) is 0 Å². The maximum Gasteiger partial charge on any atom is 0.408 e. The summed E-state index contributed by atoms with van der Waals surface area (Å²) in [7, 11) is 0. The van der Waals surface area contributed by atoms with Crippen LogP contribution < -0.4 is 11.1 Å². The maximum atomic E-state index is 11.4. The molecule has 0 unspecified atom stereocenters. The quantitative estimate of drug-likeness (QED) is 0.670. The summed E-state index contributed by atoms with van der Waals surface area (Å²) in [5.41, 5.74) is 5.90. The molecule has 0 aliphatic heterocycles. The molecule has 6 heteroatoms. The number of carbonyl (C=O) groups is 2. The Morgan fingerprint density at radius 3 is 2.56 bits per heavy atom. The zero-order valence-corrected chi connectivity index (χ0v) is 9.83. The molecule has 0 spiro atoms. The van der Waals surface area contributed by atoms with Gasteiger partial charge in [-0.15, -0.1) is 0 Å². The van der Waals surface area contributed by atoms with Crippen molar-refractivity contribution in [1.82, 2.24) is 5.32 Å². The molecule has 0 saturated carbocycles. The topological polar surface area (TPSA) is 102 Å². The van der Waals surface area contributed by atoms with E-state index >= 15 is 0 Å². The normalized spacial score (nSPS) is 11.6. The first-order chi connectivity index (χ1) is 8.63. The third-order valence-electron chi connectivity index (χ3n) is 2.27. The van der Waals surface area contributed by atoms with Crippen LogP contribution in [0.15, 0.2) is 30.3 Å². The number of nitrogens with two attached hydrogens (primary N) is 1. The van der Waals surface area contributed by atoms with Crippen LogP contribution in [0.1, 0.15) is 12.0 Å². The van der Waals surface area contributed by atoms with Crippen molar-refractivity contribution < 1.29 is 19.4 Å². The minimum atomic E-state index is -0.918. The maximum absolute atomic E-state index is 11.4. The van der Waals surface area contributed by atoms with Gasteiger partial charge in [-0.1, -0.05) is 30.3 Å². The molecule has 0 saturated heterocycles. The fourth-order valence-corrected chi connectivity index (χ4v) is 1.32. The molecule has 0 heterocycles. The fourth-order valence-electron chi connectivity index (χ4n) is 1.32. The van der Waals surface area contributed by atoms with E-state index in [1.807, 2.05) is 30.3 Å². The van der Waals surface area contributed by atoms with Gasteiger partial charge in [-0.2, -0.15) is 0 Å². The second-order valence-corrected chi connectivity index (χ2v) is 3.67. The highest BCUT2D eigenvalue weighted by molar-refractivity contribution is 5.84. The van der Waals surface area contributed by atoms with Crippen LogP contribution in [0.25, 0.3) is 0 Å². The van der Waals surface area contributed by atoms with Crippen LogP contribution in [0.3, 0.4) is 0 Å². The number of carbonyl (C=O) groups excluding carboxylic acids is 2. The van der Waals surface area contributed by atoms with Gasteiger partial charge in [0.1, 0.15) is 12.6 Å². The van der Waals surface area contributed by atoms with E-state index in [-0.39, 0.29) is 19.6 Å². The van der Waals surface area contributed by atoms with Crippen LogP contribution >= 0.6 is 0 Å². The number of hydrogen-bond donors (Lipinski definition) is 3. The Bertz CT molecular complexity index is 394. The predicted octanol–water partition coefficient (Wildman–Crippen LogP) is 0.149. The Morgan fingerprint density at radius 1 is 1.33 bits per heavy atom. The Balaban J connectivity index is 2.39. The van der Waals surface area contributed by atoms with Crippen molar-refractivity contribution >= 4 is 12.0 Å². The lowest BCUT2D eigenvalue weighted by Gasteiger charge is -2.14. The second-order valence-electron chi connectivity index (χ2n) is 3.67. The molecular weight excluding hydrogens is 236 g/mol.